The van der Waals surface area contributed by atoms with Gasteiger partial charge in [0, 0.05) is 24.7 Å². The first kappa shape index (κ1) is 21.2. The van der Waals surface area contributed by atoms with Crippen molar-refractivity contribution in [3.8, 4) is 0 Å². The van der Waals surface area contributed by atoms with Gasteiger partial charge in [0.1, 0.15) is 0 Å². The highest BCUT2D eigenvalue weighted by molar-refractivity contribution is 5.66. The minimum Gasteiger partial charge on any atom is -0.465 e. The third kappa shape index (κ3) is 5.98. The summed E-state index contributed by atoms with van der Waals surface area (Å²) in [5, 5.41) is 9.84. The third-order valence-electron chi connectivity index (χ3n) is 5.81. The number of amides is 1. The van der Waals surface area contributed by atoms with Crippen molar-refractivity contribution in [3.63, 3.8) is 0 Å². The maximum absolute atomic E-state index is 12.0. The van der Waals surface area contributed by atoms with Crippen LogP contribution in [0.2, 0.25) is 0 Å². The number of carboxylic acid groups (broad SMARTS) is 1. The van der Waals surface area contributed by atoms with Gasteiger partial charge in [-0.2, -0.15) is 0 Å². The lowest BCUT2D eigenvalue weighted by Crippen LogP contribution is -2.56. The lowest BCUT2D eigenvalue weighted by Gasteiger charge is -2.47. The Morgan fingerprint density at radius 2 is 2.00 bits per heavy atom. The Hall–Kier alpha value is -1.07. The number of piperidine rings is 1. The molecule has 26 heavy (non-hydrogen) atoms. The van der Waals surface area contributed by atoms with E-state index in [1.54, 1.807) is 11.0 Å². The van der Waals surface area contributed by atoms with Crippen LogP contribution in [0.4, 0.5) is 4.79 Å². The van der Waals surface area contributed by atoms with Gasteiger partial charge in [-0.3, -0.25) is 0 Å². The quantitative estimate of drug-likeness (QED) is 0.541. The van der Waals surface area contributed by atoms with Gasteiger partial charge < -0.3 is 19.6 Å². The number of nitrogens with zero attached hydrogens (tertiary/aromatic N) is 2. The summed E-state index contributed by atoms with van der Waals surface area (Å²) in [5.74, 6) is 1.02. The van der Waals surface area contributed by atoms with Crippen LogP contribution in [0.25, 0.3) is 0 Å². The van der Waals surface area contributed by atoms with E-state index < -0.39 is 6.09 Å². The van der Waals surface area contributed by atoms with Crippen LogP contribution in [0.3, 0.4) is 0 Å². The smallest absolute Gasteiger partial charge is 0.407 e. The summed E-state index contributed by atoms with van der Waals surface area (Å²) in [7, 11) is 0. The van der Waals surface area contributed by atoms with Gasteiger partial charge >= 0.3 is 6.09 Å². The van der Waals surface area contributed by atoms with E-state index in [1.165, 1.54) is 19.3 Å². The summed E-state index contributed by atoms with van der Waals surface area (Å²) in [6, 6.07) is 0.138. The highest BCUT2D eigenvalue weighted by Gasteiger charge is 2.39. The molecule has 1 heterocycles. The lowest BCUT2D eigenvalue weighted by atomic mass is 9.81. The fourth-order valence-corrected chi connectivity index (χ4v) is 4.77. The Morgan fingerprint density at radius 1 is 1.27 bits per heavy atom. The Balaban J connectivity index is 1.98. The first-order valence-corrected chi connectivity index (χ1v) is 10.3. The first-order chi connectivity index (χ1) is 12.3. The van der Waals surface area contributed by atoms with E-state index in [2.05, 4.69) is 11.5 Å². The minimum atomic E-state index is -0.774. The zero-order valence-electron chi connectivity index (χ0n) is 17.0. The van der Waals surface area contributed by atoms with Crippen molar-refractivity contribution in [3.05, 3.63) is 12.7 Å². The molecule has 2 fully saturated rings. The van der Waals surface area contributed by atoms with E-state index in [1.807, 2.05) is 20.8 Å². The number of carbonyl (C=O) groups is 1. The van der Waals surface area contributed by atoms with Crippen molar-refractivity contribution in [1.29, 1.82) is 0 Å². The number of hydrogen-bond donors (Lipinski definition) is 1. The summed E-state index contributed by atoms with van der Waals surface area (Å²) in [4.78, 5) is 16.2. The molecule has 0 aromatic heterocycles. The average Bonchev–Trinajstić information content (AvgIpc) is 2.56. The molecule has 3 atom stereocenters. The van der Waals surface area contributed by atoms with Crippen molar-refractivity contribution in [2.75, 3.05) is 32.8 Å². The molecule has 0 aromatic rings. The van der Waals surface area contributed by atoms with Gasteiger partial charge in [0.25, 0.3) is 0 Å². The maximum atomic E-state index is 12.0. The molecule has 1 saturated carbocycles. The highest BCUT2D eigenvalue weighted by Crippen LogP contribution is 2.34. The zero-order valence-corrected chi connectivity index (χ0v) is 17.0. The molecule has 5 nitrogen and oxygen atoms in total. The molecule has 0 bridgehead atoms. The second-order valence-electron chi connectivity index (χ2n) is 9.03. The molecule has 1 amide bonds. The van der Waals surface area contributed by atoms with E-state index in [0.29, 0.717) is 18.4 Å². The Kier molecular flexibility index (Phi) is 7.96. The van der Waals surface area contributed by atoms with E-state index in [4.69, 9.17) is 4.74 Å². The highest BCUT2D eigenvalue weighted by atomic mass is 16.5. The van der Waals surface area contributed by atoms with Crippen molar-refractivity contribution in [2.45, 2.75) is 70.9 Å². The molecular weight excluding hydrogens is 328 g/mol. The van der Waals surface area contributed by atoms with Crippen molar-refractivity contribution in [1.82, 2.24) is 9.80 Å². The molecule has 1 N–H and O–H groups in total. The van der Waals surface area contributed by atoms with Crippen LogP contribution >= 0.6 is 0 Å². The molecule has 1 saturated heterocycles. The van der Waals surface area contributed by atoms with Crippen molar-refractivity contribution in [2.24, 2.45) is 11.8 Å². The summed E-state index contributed by atoms with van der Waals surface area (Å²) in [6.45, 7) is 14.4. The summed E-state index contributed by atoms with van der Waals surface area (Å²) in [5.41, 5.74) is -0.352. The van der Waals surface area contributed by atoms with Gasteiger partial charge in [0.2, 0.25) is 0 Å². The number of ether oxygens (including phenoxy) is 1. The van der Waals surface area contributed by atoms with Crippen LogP contribution in [0, 0.1) is 11.8 Å². The molecule has 0 spiro atoms. The molecule has 0 unspecified atom stereocenters. The minimum absolute atomic E-state index is 0.138. The summed E-state index contributed by atoms with van der Waals surface area (Å²) in [6.07, 6.45) is 7.96. The standard InChI is InChI=1S/C21H38N2O3/c1-5-13-26-16-17-9-8-12-22(14-17)15-18-10-6-7-11-19(18)23(20(24)25)21(2,3)4/h5,17-19H,1,6-16H2,2-4H3,(H,24,25)/t17-,18-,19+/m1/s1. The van der Waals surface area contributed by atoms with E-state index in [-0.39, 0.29) is 11.6 Å². The zero-order chi connectivity index (χ0) is 19.2. The molecule has 0 radical (unpaired) electrons. The Labute approximate surface area is 159 Å². The van der Waals surface area contributed by atoms with Crippen LogP contribution in [0.5, 0.6) is 0 Å². The number of hydrogen-bond acceptors (Lipinski definition) is 3. The van der Waals surface area contributed by atoms with Crippen molar-refractivity contribution < 1.29 is 14.6 Å². The number of rotatable bonds is 7. The fourth-order valence-electron chi connectivity index (χ4n) is 4.77. The van der Waals surface area contributed by atoms with Gasteiger partial charge in [-0.15, -0.1) is 6.58 Å². The molecule has 1 aliphatic carbocycles. The summed E-state index contributed by atoms with van der Waals surface area (Å²) < 4.78 is 5.67. The second kappa shape index (κ2) is 9.75. The predicted molar refractivity (Wildman–Crippen MR) is 106 cm³/mol. The Morgan fingerprint density at radius 3 is 2.65 bits per heavy atom. The molecule has 0 aromatic carbocycles. The van der Waals surface area contributed by atoms with Gasteiger partial charge in [-0.1, -0.05) is 18.9 Å². The SMILES string of the molecule is C=CCOC[C@@H]1CCCN(C[C@H]2CCCC[C@@H]2N(C(=O)O)C(C)(C)C)C1. The van der Waals surface area contributed by atoms with E-state index in [0.717, 1.165) is 45.5 Å². The van der Waals surface area contributed by atoms with Crippen LogP contribution in [0.15, 0.2) is 12.7 Å². The maximum Gasteiger partial charge on any atom is 0.407 e. The monoisotopic (exact) mass is 366 g/mol. The largest absolute Gasteiger partial charge is 0.465 e. The van der Waals surface area contributed by atoms with Crippen LogP contribution in [-0.4, -0.2) is 65.4 Å². The molecule has 150 valence electrons. The fraction of sp³-hybridized carbons (Fsp3) is 0.857. The van der Waals surface area contributed by atoms with Gasteiger partial charge in [-0.25, -0.2) is 4.79 Å². The normalized spacial score (nSPS) is 27.9. The van der Waals surface area contributed by atoms with Gasteiger partial charge in [0.15, 0.2) is 0 Å². The molecular formula is C21H38N2O3. The molecule has 5 heteroatoms. The molecule has 2 rings (SSSR count). The number of likely N-dealkylation sites (tertiary alicyclic amines) is 1. The first-order valence-electron chi connectivity index (χ1n) is 10.3. The van der Waals surface area contributed by atoms with E-state index in [9.17, 15) is 9.90 Å². The lowest BCUT2D eigenvalue weighted by molar-refractivity contribution is 0.0124. The topological polar surface area (TPSA) is 53.0 Å². The predicted octanol–water partition coefficient (Wildman–Crippen LogP) is 4.24. The Bertz CT molecular complexity index is 461. The van der Waals surface area contributed by atoms with Gasteiger partial charge in [0.05, 0.1) is 13.2 Å². The average molecular weight is 367 g/mol. The molecule has 1 aliphatic heterocycles. The van der Waals surface area contributed by atoms with Crippen LogP contribution < -0.4 is 0 Å². The molecule has 2 aliphatic rings. The second-order valence-corrected chi connectivity index (χ2v) is 9.03. The van der Waals surface area contributed by atoms with E-state index >= 15 is 0 Å². The third-order valence-corrected chi connectivity index (χ3v) is 5.81. The van der Waals surface area contributed by atoms with Crippen LogP contribution in [-0.2, 0) is 4.74 Å². The summed E-state index contributed by atoms with van der Waals surface area (Å²) >= 11 is 0. The van der Waals surface area contributed by atoms with Gasteiger partial charge in [-0.05, 0) is 64.8 Å². The van der Waals surface area contributed by atoms with Crippen molar-refractivity contribution >= 4 is 6.09 Å². The van der Waals surface area contributed by atoms with Crippen LogP contribution in [0.1, 0.15) is 59.3 Å².